The van der Waals surface area contributed by atoms with Crippen LogP contribution in [0, 0.1) is 0 Å². The summed E-state index contributed by atoms with van der Waals surface area (Å²) >= 11 is 3.60. The first kappa shape index (κ1) is 18.2. The van der Waals surface area contributed by atoms with E-state index in [0.29, 0.717) is 5.58 Å². The number of nitrogens with zero attached hydrogens (tertiary/aromatic N) is 2. The Morgan fingerprint density at radius 3 is 2.65 bits per heavy atom. The van der Waals surface area contributed by atoms with E-state index in [1.807, 2.05) is 42.5 Å². The molecule has 0 saturated carbocycles. The van der Waals surface area contributed by atoms with E-state index in [2.05, 4.69) is 45.2 Å². The Balaban J connectivity index is 1.68. The van der Waals surface area contributed by atoms with Crippen LogP contribution in [0.3, 0.4) is 0 Å². The monoisotopic (exact) mass is 413 g/mol. The zero-order chi connectivity index (χ0) is 18.5. The second kappa shape index (κ2) is 8.19. The molecule has 3 aromatic rings. The molecule has 0 fully saturated rings. The SMILES string of the molecule is CCN(CC)c1ccc(/C=N/NC(=O)c2cc3ccccc3o2)cc1Br. The number of nitrogens with one attached hydrogen (secondary N) is 1. The summed E-state index contributed by atoms with van der Waals surface area (Å²) in [5, 5.41) is 4.91. The summed E-state index contributed by atoms with van der Waals surface area (Å²) in [6.45, 7) is 6.13. The standard InChI is InChI=1S/C20H20BrN3O2/c1-3-24(4-2)17-10-9-14(11-16(17)21)13-22-23-20(25)19-12-15-7-5-6-8-18(15)26-19/h5-13H,3-4H2,1-2H3,(H,23,25)/b22-13+. The maximum atomic E-state index is 12.2. The Hall–Kier alpha value is -2.60. The van der Waals surface area contributed by atoms with Crippen LogP contribution in [0.15, 0.2) is 62.5 Å². The lowest BCUT2D eigenvalue weighted by molar-refractivity contribution is 0.0929. The van der Waals surface area contributed by atoms with Crippen LogP contribution < -0.4 is 10.3 Å². The molecule has 1 heterocycles. The Kier molecular flexibility index (Phi) is 5.73. The van der Waals surface area contributed by atoms with E-state index in [-0.39, 0.29) is 11.7 Å². The summed E-state index contributed by atoms with van der Waals surface area (Å²) in [4.78, 5) is 14.4. The predicted octanol–water partition coefficient (Wildman–Crippen LogP) is 4.81. The molecule has 3 rings (SSSR count). The number of para-hydroxylation sites is 1. The van der Waals surface area contributed by atoms with E-state index in [1.165, 1.54) is 0 Å². The van der Waals surface area contributed by atoms with Crippen molar-refractivity contribution in [3.05, 3.63) is 64.3 Å². The molecule has 26 heavy (non-hydrogen) atoms. The van der Waals surface area contributed by atoms with Crippen molar-refractivity contribution >= 4 is 44.7 Å². The second-order valence-corrected chi connectivity index (χ2v) is 6.59. The van der Waals surface area contributed by atoms with Crippen molar-refractivity contribution in [2.75, 3.05) is 18.0 Å². The third-order valence-electron chi connectivity index (χ3n) is 4.10. The maximum Gasteiger partial charge on any atom is 0.307 e. The van der Waals surface area contributed by atoms with Gasteiger partial charge in [0.1, 0.15) is 5.58 Å². The van der Waals surface area contributed by atoms with Crippen molar-refractivity contribution in [1.82, 2.24) is 5.43 Å². The summed E-state index contributed by atoms with van der Waals surface area (Å²) in [6.07, 6.45) is 1.61. The first-order valence-electron chi connectivity index (χ1n) is 8.48. The molecule has 1 aromatic heterocycles. The van der Waals surface area contributed by atoms with Crippen LogP contribution >= 0.6 is 15.9 Å². The van der Waals surface area contributed by atoms with Crippen molar-refractivity contribution < 1.29 is 9.21 Å². The average Bonchev–Trinajstić information content (AvgIpc) is 3.08. The van der Waals surface area contributed by atoms with Gasteiger partial charge in [0.25, 0.3) is 0 Å². The largest absolute Gasteiger partial charge is 0.451 e. The third-order valence-corrected chi connectivity index (χ3v) is 4.74. The van der Waals surface area contributed by atoms with Gasteiger partial charge in [-0.1, -0.05) is 24.3 Å². The fourth-order valence-electron chi connectivity index (χ4n) is 2.74. The normalized spacial score (nSPS) is 11.2. The number of carbonyl (C=O) groups is 1. The van der Waals surface area contributed by atoms with E-state index in [0.717, 1.165) is 34.2 Å². The van der Waals surface area contributed by atoms with Gasteiger partial charge in [-0.2, -0.15) is 5.10 Å². The van der Waals surface area contributed by atoms with Crippen LogP contribution in [0.5, 0.6) is 0 Å². The molecule has 0 spiro atoms. The lowest BCUT2D eigenvalue weighted by Crippen LogP contribution is -2.22. The number of amides is 1. The van der Waals surface area contributed by atoms with Gasteiger partial charge in [-0.3, -0.25) is 4.79 Å². The average molecular weight is 414 g/mol. The van der Waals surface area contributed by atoms with E-state index in [1.54, 1.807) is 12.3 Å². The summed E-state index contributed by atoms with van der Waals surface area (Å²) in [5.41, 5.74) is 5.20. The molecule has 0 aliphatic carbocycles. The second-order valence-electron chi connectivity index (χ2n) is 5.73. The number of hydrogen-bond acceptors (Lipinski definition) is 4. The van der Waals surface area contributed by atoms with E-state index in [4.69, 9.17) is 4.42 Å². The molecule has 0 radical (unpaired) electrons. The smallest absolute Gasteiger partial charge is 0.307 e. The lowest BCUT2D eigenvalue weighted by atomic mass is 10.2. The Morgan fingerprint density at radius 2 is 1.96 bits per heavy atom. The van der Waals surface area contributed by atoms with Crippen molar-refractivity contribution in [2.45, 2.75) is 13.8 Å². The number of halogens is 1. The number of hydrogen-bond donors (Lipinski definition) is 1. The van der Waals surface area contributed by atoms with Crippen LogP contribution in [-0.2, 0) is 0 Å². The molecule has 5 nitrogen and oxygen atoms in total. The predicted molar refractivity (Wildman–Crippen MR) is 109 cm³/mol. The van der Waals surface area contributed by atoms with Crippen molar-refractivity contribution in [2.24, 2.45) is 5.10 Å². The molecule has 1 amide bonds. The van der Waals surface area contributed by atoms with Crippen LogP contribution in [0.2, 0.25) is 0 Å². The Bertz CT molecular complexity index is 912. The fraction of sp³-hybridized carbons (Fsp3) is 0.200. The molecule has 1 N–H and O–H groups in total. The molecule has 6 heteroatoms. The summed E-state index contributed by atoms with van der Waals surface area (Å²) in [5.74, 6) is -0.141. The van der Waals surface area contributed by atoms with E-state index >= 15 is 0 Å². The van der Waals surface area contributed by atoms with Crippen LogP contribution in [0.4, 0.5) is 5.69 Å². The Labute approximate surface area is 160 Å². The molecule has 0 saturated heterocycles. The Morgan fingerprint density at radius 1 is 1.19 bits per heavy atom. The summed E-state index contributed by atoms with van der Waals surface area (Å²) < 4.78 is 6.51. The molecular formula is C20H20BrN3O2. The van der Waals surface area contributed by atoms with Gasteiger partial charge in [-0.15, -0.1) is 0 Å². The number of rotatable bonds is 6. The number of furan rings is 1. The molecule has 134 valence electrons. The topological polar surface area (TPSA) is 57.8 Å². The van der Waals surface area contributed by atoms with Gasteiger partial charge in [-0.05, 0) is 59.6 Å². The van der Waals surface area contributed by atoms with Crippen LogP contribution in [0.1, 0.15) is 30.0 Å². The molecule has 0 unspecified atom stereocenters. The van der Waals surface area contributed by atoms with Gasteiger partial charge >= 0.3 is 5.91 Å². The molecule has 0 aliphatic rings. The highest BCUT2D eigenvalue weighted by Gasteiger charge is 2.11. The zero-order valence-electron chi connectivity index (χ0n) is 14.7. The number of benzene rings is 2. The minimum absolute atomic E-state index is 0.237. The zero-order valence-corrected chi connectivity index (χ0v) is 16.3. The van der Waals surface area contributed by atoms with Crippen molar-refractivity contribution in [3.63, 3.8) is 0 Å². The lowest BCUT2D eigenvalue weighted by Gasteiger charge is -2.22. The fourth-order valence-corrected chi connectivity index (χ4v) is 3.39. The first-order valence-corrected chi connectivity index (χ1v) is 9.28. The van der Waals surface area contributed by atoms with Gasteiger partial charge in [-0.25, -0.2) is 5.43 Å². The van der Waals surface area contributed by atoms with Gasteiger partial charge in [0.05, 0.1) is 11.9 Å². The molecule has 0 atom stereocenters. The van der Waals surface area contributed by atoms with Crippen molar-refractivity contribution in [3.8, 4) is 0 Å². The molecule has 0 aliphatic heterocycles. The first-order chi connectivity index (χ1) is 12.6. The highest BCUT2D eigenvalue weighted by molar-refractivity contribution is 9.10. The minimum Gasteiger partial charge on any atom is -0.451 e. The number of fused-ring (bicyclic) bond motifs is 1. The van der Waals surface area contributed by atoms with E-state index < -0.39 is 0 Å². The van der Waals surface area contributed by atoms with Gasteiger partial charge < -0.3 is 9.32 Å². The van der Waals surface area contributed by atoms with Gasteiger partial charge in [0, 0.05) is 22.9 Å². The highest BCUT2D eigenvalue weighted by Crippen LogP contribution is 2.26. The highest BCUT2D eigenvalue weighted by atomic mass is 79.9. The number of carbonyl (C=O) groups excluding carboxylic acids is 1. The minimum atomic E-state index is -0.378. The number of hydrazone groups is 1. The molecular weight excluding hydrogens is 394 g/mol. The summed E-state index contributed by atoms with van der Waals surface area (Å²) in [6, 6.07) is 15.2. The quantitative estimate of drug-likeness (QED) is 0.466. The van der Waals surface area contributed by atoms with Crippen LogP contribution in [-0.4, -0.2) is 25.2 Å². The molecule has 2 aromatic carbocycles. The van der Waals surface area contributed by atoms with Gasteiger partial charge in [0.15, 0.2) is 5.76 Å². The van der Waals surface area contributed by atoms with Crippen LogP contribution in [0.25, 0.3) is 11.0 Å². The summed E-state index contributed by atoms with van der Waals surface area (Å²) in [7, 11) is 0. The number of anilines is 1. The van der Waals surface area contributed by atoms with E-state index in [9.17, 15) is 4.79 Å². The van der Waals surface area contributed by atoms with Crippen molar-refractivity contribution in [1.29, 1.82) is 0 Å². The molecule has 0 bridgehead atoms. The maximum absolute atomic E-state index is 12.2. The third kappa shape index (κ3) is 3.96. The van der Waals surface area contributed by atoms with Gasteiger partial charge in [0.2, 0.25) is 0 Å².